The minimum absolute atomic E-state index is 0.0860. The van der Waals surface area contributed by atoms with Gasteiger partial charge in [-0.25, -0.2) is 0 Å². The minimum Gasteiger partial charge on any atom is -0.360 e. The fraction of sp³-hybridized carbons (Fsp3) is 0.462. The van der Waals surface area contributed by atoms with Crippen molar-refractivity contribution in [1.29, 1.82) is 0 Å². The Balaban J connectivity index is 1.63. The first-order valence-electron chi connectivity index (χ1n) is 6.57. The Labute approximate surface area is 117 Å². The van der Waals surface area contributed by atoms with Crippen LogP contribution in [0.4, 0.5) is 5.82 Å². The molecule has 0 aliphatic carbocycles. The van der Waals surface area contributed by atoms with E-state index in [1.807, 2.05) is 16.9 Å². The van der Waals surface area contributed by atoms with E-state index in [1.165, 1.54) is 0 Å². The molecule has 7 nitrogen and oxygen atoms in total. The van der Waals surface area contributed by atoms with Crippen LogP contribution in [0.25, 0.3) is 0 Å². The van der Waals surface area contributed by atoms with E-state index in [-0.39, 0.29) is 11.9 Å². The number of nitrogens with zero attached hydrogens (tertiary/aromatic N) is 3. The van der Waals surface area contributed by atoms with Gasteiger partial charge in [0, 0.05) is 37.5 Å². The van der Waals surface area contributed by atoms with Gasteiger partial charge < -0.3 is 15.2 Å². The van der Waals surface area contributed by atoms with E-state index in [0.29, 0.717) is 24.5 Å². The predicted octanol–water partition coefficient (Wildman–Crippen LogP) is 1.19. The number of carbonyl (C=O) groups excluding carboxylic acids is 1. The van der Waals surface area contributed by atoms with Gasteiger partial charge >= 0.3 is 0 Å². The van der Waals surface area contributed by atoms with Crippen molar-refractivity contribution in [2.24, 2.45) is 0 Å². The van der Waals surface area contributed by atoms with Crippen molar-refractivity contribution in [3.63, 3.8) is 0 Å². The summed E-state index contributed by atoms with van der Waals surface area (Å²) in [5.41, 5.74) is 0. The van der Waals surface area contributed by atoms with Gasteiger partial charge in [-0.1, -0.05) is 5.16 Å². The molecule has 0 fully saturated rings. The summed E-state index contributed by atoms with van der Waals surface area (Å²) in [4.78, 5) is 11.7. The van der Waals surface area contributed by atoms with Crippen LogP contribution >= 0.6 is 0 Å². The molecular weight excluding hydrogens is 258 g/mol. The van der Waals surface area contributed by atoms with Gasteiger partial charge in [-0.05, 0) is 19.9 Å². The maximum atomic E-state index is 11.7. The maximum absolute atomic E-state index is 11.7. The van der Waals surface area contributed by atoms with E-state index in [1.54, 1.807) is 19.2 Å². The molecule has 108 valence electrons. The molecule has 1 atom stereocenters. The topological polar surface area (TPSA) is 85.0 Å². The number of hydrogen-bond donors (Lipinski definition) is 2. The summed E-state index contributed by atoms with van der Waals surface area (Å²) >= 11 is 0. The second kappa shape index (κ2) is 6.85. The summed E-state index contributed by atoms with van der Waals surface area (Å²) in [6.45, 7) is 5.21. The third-order valence-electron chi connectivity index (χ3n) is 2.76. The van der Waals surface area contributed by atoms with Gasteiger partial charge in [0.25, 0.3) is 0 Å². The van der Waals surface area contributed by atoms with Crippen molar-refractivity contribution in [2.45, 2.75) is 32.9 Å². The molecule has 2 aromatic heterocycles. The Morgan fingerprint density at radius 1 is 1.55 bits per heavy atom. The third-order valence-corrected chi connectivity index (χ3v) is 2.76. The lowest BCUT2D eigenvalue weighted by atomic mass is 10.3. The molecule has 0 aromatic carbocycles. The van der Waals surface area contributed by atoms with E-state index in [0.717, 1.165) is 6.54 Å². The van der Waals surface area contributed by atoms with E-state index < -0.39 is 0 Å². The van der Waals surface area contributed by atoms with Crippen LogP contribution in [0, 0.1) is 6.92 Å². The molecule has 2 N–H and O–H groups in total. The highest BCUT2D eigenvalue weighted by atomic mass is 16.5. The van der Waals surface area contributed by atoms with Crippen LogP contribution < -0.4 is 10.6 Å². The minimum atomic E-state index is -0.0860. The summed E-state index contributed by atoms with van der Waals surface area (Å²) in [5, 5.41) is 13.8. The quantitative estimate of drug-likeness (QED) is 0.794. The van der Waals surface area contributed by atoms with Crippen molar-refractivity contribution in [1.82, 2.24) is 20.3 Å². The molecule has 0 saturated heterocycles. The van der Waals surface area contributed by atoms with Crippen LogP contribution in [0.2, 0.25) is 0 Å². The molecule has 0 bridgehead atoms. The van der Waals surface area contributed by atoms with E-state index >= 15 is 0 Å². The zero-order valence-electron chi connectivity index (χ0n) is 11.7. The Kier molecular flexibility index (Phi) is 4.89. The number of anilines is 1. The normalized spacial score (nSPS) is 12.3. The maximum Gasteiger partial charge on any atom is 0.226 e. The molecular formula is C13H19N5O2. The van der Waals surface area contributed by atoms with Gasteiger partial charge in [0.1, 0.15) is 5.76 Å². The molecule has 20 heavy (non-hydrogen) atoms. The lowest BCUT2D eigenvalue weighted by Crippen LogP contribution is -2.33. The number of aromatic nitrogens is 3. The van der Waals surface area contributed by atoms with Crippen molar-refractivity contribution >= 4 is 11.7 Å². The number of aryl methyl sites for hydroxylation is 1. The molecule has 0 spiro atoms. The zero-order valence-corrected chi connectivity index (χ0v) is 11.7. The largest absolute Gasteiger partial charge is 0.360 e. The van der Waals surface area contributed by atoms with Gasteiger partial charge in [-0.2, -0.15) is 5.10 Å². The Morgan fingerprint density at radius 2 is 2.40 bits per heavy atom. The average molecular weight is 277 g/mol. The molecule has 0 aliphatic heterocycles. The third kappa shape index (κ3) is 4.51. The van der Waals surface area contributed by atoms with Gasteiger partial charge in [0.2, 0.25) is 5.91 Å². The highest BCUT2D eigenvalue weighted by Gasteiger charge is 2.07. The second-order valence-corrected chi connectivity index (χ2v) is 4.70. The summed E-state index contributed by atoms with van der Waals surface area (Å²) in [5.74, 6) is 1.04. The molecule has 2 aromatic rings. The van der Waals surface area contributed by atoms with Crippen molar-refractivity contribution in [2.75, 3.05) is 11.9 Å². The van der Waals surface area contributed by atoms with Crippen LogP contribution in [0.3, 0.4) is 0 Å². The molecule has 2 heterocycles. The number of hydrogen-bond acceptors (Lipinski definition) is 5. The molecule has 0 radical (unpaired) electrons. The highest BCUT2D eigenvalue weighted by molar-refractivity contribution is 5.89. The first-order chi connectivity index (χ1) is 9.63. The van der Waals surface area contributed by atoms with Gasteiger partial charge in [-0.3, -0.25) is 9.48 Å². The van der Waals surface area contributed by atoms with Crippen LogP contribution in [-0.4, -0.2) is 33.4 Å². The van der Waals surface area contributed by atoms with Crippen molar-refractivity contribution in [3.05, 3.63) is 30.3 Å². The second-order valence-electron chi connectivity index (χ2n) is 4.70. The zero-order chi connectivity index (χ0) is 14.4. The summed E-state index contributed by atoms with van der Waals surface area (Å²) < 4.78 is 6.73. The Bertz CT molecular complexity index is 535. The van der Waals surface area contributed by atoms with Gasteiger partial charge in [-0.15, -0.1) is 0 Å². The number of rotatable bonds is 7. The van der Waals surface area contributed by atoms with Crippen LogP contribution in [0.1, 0.15) is 19.1 Å². The molecule has 0 unspecified atom stereocenters. The summed E-state index contributed by atoms with van der Waals surface area (Å²) in [6.07, 6.45) is 4.05. The molecule has 0 saturated carbocycles. The van der Waals surface area contributed by atoms with Gasteiger partial charge in [0.15, 0.2) is 5.82 Å². The van der Waals surface area contributed by atoms with Crippen molar-refractivity contribution in [3.8, 4) is 0 Å². The first-order valence-corrected chi connectivity index (χ1v) is 6.57. The highest BCUT2D eigenvalue weighted by Crippen LogP contribution is 2.06. The van der Waals surface area contributed by atoms with Crippen LogP contribution in [0.15, 0.2) is 29.0 Å². The van der Waals surface area contributed by atoms with Gasteiger partial charge in [0.05, 0.1) is 6.54 Å². The first kappa shape index (κ1) is 14.3. The van der Waals surface area contributed by atoms with E-state index in [9.17, 15) is 4.79 Å². The molecule has 0 aliphatic rings. The molecule has 1 amide bonds. The Morgan fingerprint density at radius 3 is 3.05 bits per heavy atom. The lowest BCUT2D eigenvalue weighted by molar-refractivity contribution is -0.116. The SMILES string of the molecule is Cc1cc(NC(=O)CCN[C@@H](C)Cn2cccn2)no1. The lowest BCUT2D eigenvalue weighted by Gasteiger charge is -2.13. The van der Waals surface area contributed by atoms with E-state index in [2.05, 4.69) is 27.8 Å². The predicted molar refractivity (Wildman–Crippen MR) is 74.2 cm³/mol. The standard InChI is InChI=1S/C13H19N5O2/c1-10(9-18-7-3-5-15-18)14-6-4-13(19)16-12-8-11(2)20-17-12/h3,5,7-8,10,14H,4,6,9H2,1-2H3,(H,16,17,19)/t10-/m0/s1. The monoisotopic (exact) mass is 277 g/mol. The summed E-state index contributed by atoms with van der Waals surface area (Å²) in [7, 11) is 0. The average Bonchev–Trinajstić information content (AvgIpc) is 3.01. The molecule has 2 rings (SSSR count). The van der Waals surface area contributed by atoms with Crippen LogP contribution in [0.5, 0.6) is 0 Å². The fourth-order valence-electron chi connectivity index (χ4n) is 1.82. The van der Waals surface area contributed by atoms with Crippen molar-refractivity contribution < 1.29 is 9.32 Å². The van der Waals surface area contributed by atoms with E-state index in [4.69, 9.17) is 4.52 Å². The number of carbonyl (C=O) groups is 1. The number of amides is 1. The smallest absolute Gasteiger partial charge is 0.226 e. The fourth-order valence-corrected chi connectivity index (χ4v) is 1.82. The summed E-state index contributed by atoms with van der Waals surface area (Å²) in [6, 6.07) is 3.82. The Hall–Kier alpha value is -2.15. The number of nitrogens with one attached hydrogen (secondary N) is 2. The molecule has 7 heteroatoms. The van der Waals surface area contributed by atoms with Crippen LogP contribution in [-0.2, 0) is 11.3 Å².